The van der Waals surface area contributed by atoms with Gasteiger partial charge < -0.3 is 0 Å². The van der Waals surface area contributed by atoms with Gasteiger partial charge in [-0.3, -0.25) is 0 Å². The third-order valence-corrected chi connectivity index (χ3v) is 6.38. The summed E-state index contributed by atoms with van der Waals surface area (Å²) in [5, 5.41) is 1.71. The molecule has 0 aliphatic rings. The lowest BCUT2D eigenvalue weighted by Gasteiger charge is -2.21. The van der Waals surface area contributed by atoms with Gasteiger partial charge in [-0.25, -0.2) is 0 Å². The summed E-state index contributed by atoms with van der Waals surface area (Å²) in [5.74, 6) is 1.67. The zero-order valence-electron chi connectivity index (χ0n) is 12.0. The van der Waals surface area contributed by atoms with Crippen LogP contribution in [0.1, 0.15) is 67.2 Å². The summed E-state index contributed by atoms with van der Waals surface area (Å²) < 4.78 is 0. The van der Waals surface area contributed by atoms with E-state index in [9.17, 15) is 0 Å². The van der Waals surface area contributed by atoms with Crippen LogP contribution >= 0.6 is 21.6 Å². The summed E-state index contributed by atoms with van der Waals surface area (Å²) in [6.07, 6.45) is 5.36. The molecule has 0 aromatic rings. The van der Waals surface area contributed by atoms with Crippen molar-refractivity contribution in [3.05, 3.63) is 0 Å². The fourth-order valence-electron chi connectivity index (χ4n) is 1.76. The van der Waals surface area contributed by atoms with Gasteiger partial charge in [0.2, 0.25) is 0 Å². The summed E-state index contributed by atoms with van der Waals surface area (Å²) >= 11 is 0. The van der Waals surface area contributed by atoms with Crippen LogP contribution in [0.4, 0.5) is 0 Å². The fraction of sp³-hybridized carbons (Fsp3) is 1.00. The van der Waals surface area contributed by atoms with E-state index in [1.165, 1.54) is 25.7 Å². The maximum absolute atomic E-state index is 2.33. The minimum atomic E-state index is 0.836. The van der Waals surface area contributed by atoms with E-state index in [0.29, 0.717) is 0 Å². The van der Waals surface area contributed by atoms with Gasteiger partial charge in [-0.1, -0.05) is 63.1 Å². The van der Waals surface area contributed by atoms with Crippen molar-refractivity contribution in [1.29, 1.82) is 0 Å². The molecular weight excluding hydrogens is 232 g/mol. The Hall–Kier alpha value is 0.700. The van der Waals surface area contributed by atoms with Crippen LogP contribution in [0.3, 0.4) is 0 Å². The summed E-state index contributed by atoms with van der Waals surface area (Å²) in [7, 11) is 4.28. The highest BCUT2D eigenvalue weighted by molar-refractivity contribution is 8.77. The highest BCUT2D eigenvalue weighted by Gasteiger charge is 2.14. The largest absolute Gasteiger partial charge is 0.0904 e. The molecule has 0 saturated heterocycles. The van der Waals surface area contributed by atoms with Gasteiger partial charge in [-0.05, 0) is 37.5 Å². The van der Waals surface area contributed by atoms with Crippen LogP contribution in [0, 0.1) is 11.8 Å². The Bertz CT molecular complexity index is 137. The second kappa shape index (κ2) is 9.70. The standard InChI is InChI=1S/C14H30S2/c1-7-13(9-11(3)4)15-16-14(8-2)10-12(5)6/h11-14H,7-10H2,1-6H3. The third kappa shape index (κ3) is 8.81. The fourth-order valence-corrected chi connectivity index (χ4v) is 5.50. The molecule has 0 nitrogen and oxygen atoms in total. The molecule has 2 atom stereocenters. The SMILES string of the molecule is CCC(CC(C)C)SSC(CC)CC(C)C. The van der Waals surface area contributed by atoms with Crippen LogP contribution in [0.15, 0.2) is 0 Å². The Balaban J connectivity index is 3.87. The lowest BCUT2D eigenvalue weighted by Crippen LogP contribution is -2.08. The molecule has 0 aromatic carbocycles. The summed E-state index contributed by atoms with van der Waals surface area (Å²) in [4.78, 5) is 0. The van der Waals surface area contributed by atoms with Gasteiger partial charge in [0.15, 0.2) is 0 Å². The van der Waals surface area contributed by atoms with Crippen molar-refractivity contribution in [2.24, 2.45) is 11.8 Å². The first kappa shape index (κ1) is 16.7. The van der Waals surface area contributed by atoms with Gasteiger partial charge in [0.05, 0.1) is 0 Å². The van der Waals surface area contributed by atoms with E-state index in [2.05, 4.69) is 63.1 Å². The predicted octanol–water partition coefficient (Wildman–Crippen LogP) is 6.02. The highest BCUT2D eigenvalue weighted by Crippen LogP contribution is 2.38. The average Bonchev–Trinajstić information content (AvgIpc) is 2.20. The van der Waals surface area contributed by atoms with Crippen LogP contribution in [-0.2, 0) is 0 Å². The smallest absolute Gasteiger partial charge is 0.0151 e. The van der Waals surface area contributed by atoms with Gasteiger partial charge in [-0.15, -0.1) is 0 Å². The second-order valence-electron chi connectivity index (χ2n) is 5.51. The molecule has 0 aliphatic heterocycles. The molecular formula is C14H30S2. The van der Waals surface area contributed by atoms with Gasteiger partial charge in [0.25, 0.3) is 0 Å². The van der Waals surface area contributed by atoms with Gasteiger partial charge in [0.1, 0.15) is 0 Å². The van der Waals surface area contributed by atoms with E-state index < -0.39 is 0 Å². The Morgan fingerprint density at radius 3 is 1.19 bits per heavy atom. The molecule has 0 spiro atoms. The van der Waals surface area contributed by atoms with E-state index in [1.807, 2.05) is 0 Å². The molecule has 0 fully saturated rings. The highest BCUT2D eigenvalue weighted by atomic mass is 33.1. The van der Waals surface area contributed by atoms with Crippen molar-refractivity contribution in [3.8, 4) is 0 Å². The lowest BCUT2D eigenvalue weighted by molar-refractivity contribution is 0.559. The Kier molecular flexibility index (Phi) is 10.1. The molecule has 2 unspecified atom stereocenters. The molecule has 0 aromatic heterocycles. The minimum Gasteiger partial charge on any atom is -0.0904 e. The van der Waals surface area contributed by atoms with Crippen molar-refractivity contribution in [2.45, 2.75) is 77.7 Å². The first-order chi connectivity index (χ1) is 7.49. The summed E-state index contributed by atoms with van der Waals surface area (Å²) in [6.45, 7) is 14.0. The first-order valence-electron chi connectivity index (χ1n) is 6.81. The van der Waals surface area contributed by atoms with Gasteiger partial charge in [0, 0.05) is 10.5 Å². The maximum Gasteiger partial charge on any atom is 0.0151 e. The Labute approximate surface area is 111 Å². The Morgan fingerprint density at radius 1 is 0.688 bits per heavy atom. The zero-order chi connectivity index (χ0) is 12.6. The second-order valence-corrected chi connectivity index (χ2v) is 8.38. The van der Waals surface area contributed by atoms with Crippen molar-refractivity contribution in [2.75, 3.05) is 0 Å². The molecule has 16 heavy (non-hydrogen) atoms. The van der Waals surface area contributed by atoms with Gasteiger partial charge in [-0.2, -0.15) is 0 Å². The average molecular weight is 263 g/mol. The van der Waals surface area contributed by atoms with Crippen LogP contribution in [-0.4, -0.2) is 10.5 Å². The molecule has 0 bridgehead atoms. The molecule has 0 rings (SSSR count). The molecule has 0 N–H and O–H groups in total. The van der Waals surface area contributed by atoms with E-state index in [4.69, 9.17) is 0 Å². The van der Waals surface area contributed by atoms with E-state index in [1.54, 1.807) is 0 Å². The molecule has 0 aliphatic carbocycles. The van der Waals surface area contributed by atoms with Crippen molar-refractivity contribution in [3.63, 3.8) is 0 Å². The molecule has 98 valence electrons. The normalized spacial score (nSPS) is 15.8. The minimum absolute atomic E-state index is 0.836. The lowest BCUT2D eigenvalue weighted by atomic mass is 10.1. The quantitative estimate of drug-likeness (QED) is 0.466. The van der Waals surface area contributed by atoms with Crippen molar-refractivity contribution in [1.82, 2.24) is 0 Å². The first-order valence-corrected chi connectivity index (χ1v) is 9.09. The monoisotopic (exact) mass is 262 g/mol. The zero-order valence-corrected chi connectivity index (χ0v) is 13.6. The van der Waals surface area contributed by atoms with Crippen LogP contribution < -0.4 is 0 Å². The van der Waals surface area contributed by atoms with Crippen LogP contribution in [0.25, 0.3) is 0 Å². The van der Waals surface area contributed by atoms with Crippen molar-refractivity contribution >= 4 is 21.6 Å². The topological polar surface area (TPSA) is 0 Å². The van der Waals surface area contributed by atoms with Crippen LogP contribution in [0.5, 0.6) is 0 Å². The molecule has 0 heterocycles. The number of hydrogen-bond donors (Lipinski definition) is 0. The number of hydrogen-bond acceptors (Lipinski definition) is 2. The molecule has 0 saturated carbocycles. The molecule has 2 heteroatoms. The number of rotatable bonds is 9. The predicted molar refractivity (Wildman–Crippen MR) is 82.3 cm³/mol. The maximum atomic E-state index is 2.33. The van der Waals surface area contributed by atoms with Crippen molar-refractivity contribution < 1.29 is 0 Å². The van der Waals surface area contributed by atoms with E-state index >= 15 is 0 Å². The Morgan fingerprint density at radius 2 is 1.00 bits per heavy atom. The molecule has 0 radical (unpaired) electrons. The van der Waals surface area contributed by atoms with Gasteiger partial charge >= 0.3 is 0 Å². The summed E-state index contributed by atoms with van der Waals surface area (Å²) in [5.41, 5.74) is 0. The van der Waals surface area contributed by atoms with E-state index in [0.717, 1.165) is 22.3 Å². The molecule has 0 amide bonds. The van der Waals surface area contributed by atoms with E-state index in [-0.39, 0.29) is 0 Å². The summed E-state index contributed by atoms with van der Waals surface area (Å²) in [6, 6.07) is 0. The third-order valence-electron chi connectivity index (χ3n) is 2.71. The van der Waals surface area contributed by atoms with Crippen LogP contribution in [0.2, 0.25) is 0 Å².